The number of hydrogen-bond acceptors (Lipinski definition) is 4. The van der Waals surface area contributed by atoms with Crippen molar-refractivity contribution in [3.8, 4) is 0 Å². The molecule has 2 amide bonds. The van der Waals surface area contributed by atoms with Gasteiger partial charge in [0.2, 0.25) is 5.91 Å². The number of hydrogen-bond donors (Lipinski definition) is 1. The molecular formula is C18H22N2O4. The lowest BCUT2D eigenvalue weighted by molar-refractivity contribution is -0.129. The number of ether oxygens (including phenoxy) is 1. The fourth-order valence-corrected chi connectivity index (χ4v) is 2.67. The lowest BCUT2D eigenvalue weighted by Crippen LogP contribution is -2.37. The number of rotatable bonds is 6. The van der Waals surface area contributed by atoms with Crippen LogP contribution in [0.15, 0.2) is 24.3 Å². The van der Waals surface area contributed by atoms with Gasteiger partial charge in [0, 0.05) is 25.6 Å². The zero-order valence-electron chi connectivity index (χ0n) is 13.8. The van der Waals surface area contributed by atoms with Crippen molar-refractivity contribution >= 4 is 17.8 Å². The van der Waals surface area contributed by atoms with Crippen LogP contribution in [-0.4, -0.2) is 41.4 Å². The summed E-state index contributed by atoms with van der Waals surface area (Å²) in [4.78, 5) is 37.4. The Morgan fingerprint density at radius 3 is 2.58 bits per heavy atom. The molecule has 0 radical (unpaired) electrons. The summed E-state index contributed by atoms with van der Waals surface area (Å²) in [6.07, 6.45) is 2.70. The Morgan fingerprint density at radius 2 is 2.00 bits per heavy atom. The van der Waals surface area contributed by atoms with Crippen LogP contribution >= 0.6 is 0 Å². The number of amides is 2. The third kappa shape index (κ3) is 4.13. The van der Waals surface area contributed by atoms with Crippen LogP contribution in [0.5, 0.6) is 0 Å². The molecule has 1 aliphatic carbocycles. The van der Waals surface area contributed by atoms with Crippen molar-refractivity contribution in [2.45, 2.75) is 51.3 Å². The van der Waals surface area contributed by atoms with E-state index >= 15 is 0 Å². The number of carbonyl (C=O) groups excluding carboxylic acids is 3. The number of benzene rings is 1. The van der Waals surface area contributed by atoms with Crippen LogP contribution in [0.2, 0.25) is 0 Å². The van der Waals surface area contributed by atoms with Crippen molar-refractivity contribution in [2.24, 2.45) is 0 Å². The molecule has 1 aromatic carbocycles. The molecule has 1 aromatic rings. The molecule has 2 fully saturated rings. The van der Waals surface area contributed by atoms with E-state index < -0.39 is 12.1 Å². The van der Waals surface area contributed by atoms with Gasteiger partial charge in [-0.05, 0) is 43.9 Å². The topological polar surface area (TPSA) is 75.7 Å². The lowest BCUT2D eigenvalue weighted by atomic mass is 10.1. The Hall–Kier alpha value is -2.37. The van der Waals surface area contributed by atoms with Crippen LogP contribution < -0.4 is 5.32 Å². The van der Waals surface area contributed by atoms with Crippen LogP contribution in [0.1, 0.15) is 48.5 Å². The van der Waals surface area contributed by atoms with E-state index in [0.717, 1.165) is 31.4 Å². The van der Waals surface area contributed by atoms with Gasteiger partial charge in [-0.1, -0.05) is 12.1 Å². The van der Waals surface area contributed by atoms with Gasteiger partial charge in [-0.25, -0.2) is 4.79 Å². The molecular weight excluding hydrogens is 308 g/mol. The van der Waals surface area contributed by atoms with E-state index in [1.165, 1.54) is 0 Å². The van der Waals surface area contributed by atoms with Crippen LogP contribution in [-0.2, 0) is 20.9 Å². The van der Waals surface area contributed by atoms with E-state index in [1.807, 2.05) is 17.0 Å². The Morgan fingerprint density at radius 1 is 1.29 bits per heavy atom. The highest BCUT2D eigenvalue weighted by Gasteiger charge is 2.27. The minimum absolute atomic E-state index is 0.175. The minimum atomic E-state index is -0.806. The van der Waals surface area contributed by atoms with Gasteiger partial charge in [0.05, 0.1) is 5.56 Å². The molecule has 1 saturated heterocycles. The van der Waals surface area contributed by atoms with Gasteiger partial charge < -0.3 is 15.0 Å². The molecule has 6 heteroatoms. The van der Waals surface area contributed by atoms with Gasteiger partial charge in [0.25, 0.3) is 5.91 Å². The summed E-state index contributed by atoms with van der Waals surface area (Å²) < 4.78 is 5.20. The number of nitrogens with zero attached hydrogens (tertiary/aromatic N) is 1. The molecule has 1 N–H and O–H groups in total. The Kier molecular flexibility index (Phi) is 4.83. The van der Waals surface area contributed by atoms with E-state index in [0.29, 0.717) is 18.5 Å². The first-order valence-electron chi connectivity index (χ1n) is 8.41. The highest BCUT2D eigenvalue weighted by atomic mass is 16.5. The van der Waals surface area contributed by atoms with Crippen molar-refractivity contribution in [3.63, 3.8) is 0 Å². The molecule has 0 unspecified atom stereocenters. The average molecular weight is 330 g/mol. The minimum Gasteiger partial charge on any atom is -0.449 e. The predicted molar refractivity (Wildman–Crippen MR) is 87.1 cm³/mol. The zero-order valence-corrected chi connectivity index (χ0v) is 13.8. The normalized spacial score (nSPS) is 18.4. The van der Waals surface area contributed by atoms with Crippen molar-refractivity contribution in [1.82, 2.24) is 10.2 Å². The maximum atomic E-state index is 12.1. The fourth-order valence-electron chi connectivity index (χ4n) is 2.67. The van der Waals surface area contributed by atoms with Gasteiger partial charge in [0.15, 0.2) is 6.10 Å². The second-order valence-electron chi connectivity index (χ2n) is 6.45. The molecule has 128 valence electrons. The second kappa shape index (κ2) is 7.03. The largest absolute Gasteiger partial charge is 0.449 e. The third-order valence-corrected chi connectivity index (χ3v) is 4.31. The summed E-state index contributed by atoms with van der Waals surface area (Å²) in [7, 11) is 0. The van der Waals surface area contributed by atoms with E-state index in [1.54, 1.807) is 19.1 Å². The smallest absolute Gasteiger partial charge is 0.338 e. The number of carbonyl (C=O) groups is 3. The molecule has 1 atom stereocenters. The van der Waals surface area contributed by atoms with E-state index in [9.17, 15) is 14.4 Å². The zero-order chi connectivity index (χ0) is 17.1. The summed E-state index contributed by atoms with van der Waals surface area (Å²) >= 11 is 0. The highest BCUT2D eigenvalue weighted by molar-refractivity contribution is 5.92. The molecule has 1 saturated carbocycles. The van der Waals surface area contributed by atoms with Crippen molar-refractivity contribution < 1.29 is 19.1 Å². The van der Waals surface area contributed by atoms with E-state index in [2.05, 4.69) is 5.32 Å². The molecule has 24 heavy (non-hydrogen) atoms. The number of esters is 1. The Bertz CT molecular complexity index is 637. The van der Waals surface area contributed by atoms with Crippen LogP contribution in [0, 0.1) is 0 Å². The highest BCUT2D eigenvalue weighted by Crippen LogP contribution is 2.19. The first kappa shape index (κ1) is 16.5. The standard InChI is InChI=1S/C18H22N2O4/c1-12(17(22)19-15-8-9-15)24-18(23)14-6-4-13(5-7-14)11-20-10-2-3-16(20)21/h4-7,12,15H,2-3,8-11H2,1H3,(H,19,22)/t12-/m0/s1. The van der Waals surface area contributed by atoms with Gasteiger partial charge in [0.1, 0.15) is 0 Å². The molecule has 0 bridgehead atoms. The average Bonchev–Trinajstić information content (AvgIpc) is 3.29. The van der Waals surface area contributed by atoms with Crippen molar-refractivity contribution in [1.29, 1.82) is 0 Å². The first-order valence-corrected chi connectivity index (χ1v) is 8.41. The second-order valence-corrected chi connectivity index (χ2v) is 6.45. The van der Waals surface area contributed by atoms with Crippen LogP contribution in [0.25, 0.3) is 0 Å². The Labute approximate surface area is 141 Å². The Balaban J connectivity index is 1.53. The fraction of sp³-hybridized carbons (Fsp3) is 0.500. The summed E-state index contributed by atoms with van der Waals surface area (Å²) in [5.41, 5.74) is 1.37. The molecule has 0 spiro atoms. The molecule has 6 nitrogen and oxygen atoms in total. The quantitative estimate of drug-likeness (QED) is 0.805. The van der Waals surface area contributed by atoms with Crippen molar-refractivity contribution in [2.75, 3.05) is 6.54 Å². The molecule has 1 heterocycles. The van der Waals surface area contributed by atoms with Gasteiger partial charge in [-0.3, -0.25) is 9.59 Å². The molecule has 0 aromatic heterocycles. The molecule has 2 aliphatic rings. The van der Waals surface area contributed by atoms with Gasteiger partial charge in [-0.2, -0.15) is 0 Å². The van der Waals surface area contributed by atoms with Crippen LogP contribution in [0.3, 0.4) is 0 Å². The lowest BCUT2D eigenvalue weighted by Gasteiger charge is -2.16. The maximum Gasteiger partial charge on any atom is 0.338 e. The van der Waals surface area contributed by atoms with E-state index in [-0.39, 0.29) is 17.9 Å². The summed E-state index contributed by atoms with van der Waals surface area (Å²) in [6.45, 7) is 2.92. The van der Waals surface area contributed by atoms with E-state index in [4.69, 9.17) is 4.74 Å². The van der Waals surface area contributed by atoms with Crippen molar-refractivity contribution in [3.05, 3.63) is 35.4 Å². The SMILES string of the molecule is C[C@H](OC(=O)c1ccc(CN2CCCC2=O)cc1)C(=O)NC1CC1. The predicted octanol–water partition coefficient (Wildman–Crippen LogP) is 1.63. The van der Waals surface area contributed by atoms with Crippen LogP contribution in [0.4, 0.5) is 0 Å². The summed E-state index contributed by atoms with van der Waals surface area (Å²) in [5.74, 6) is -0.596. The number of likely N-dealkylation sites (tertiary alicyclic amines) is 1. The summed E-state index contributed by atoms with van der Waals surface area (Å²) in [5, 5.41) is 2.81. The third-order valence-electron chi connectivity index (χ3n) is 4.31. The first-order chi connectivity index (χ1) is 11.5. The van der Waals surface area contributed by atoms with Gasteiger partial charge in [-0.15, -0.1) is 0 Å². The molecule has 3 rings (SSSR count). The maximum absolute atomic E-state index is 12.1. The monoisotopic (exact) mass is 330 g/mol. The summed E-state index contributed by atoms with van der Waals surface area (Å²) in [6, 6.07) is 7.22. The molecule has 1 aliphatic heterocycles. The van der Waals surface area contributed by atoms with Gasteiger partial charge >= 0.3 is 5.97 Å². The number of nitrogens with one attached hydrogen (secondary N) is 1.